The monoisotopic (exact) mass is 520 g/mol. The third-order valence-electron chi connectivity index (χ3n) is 6.18. The van der Waals surface area contributed by atoms with E-state index in [0.29, 0.717) is 12.8 Å². The minimum atomic E-state index is -0.0454. The Morgan fingerprint density at radius 1 is 0.579 bits per heavy atom. The molecule has 2 aromatic rings. The van der Waals surface area contributed by atoms with E-state index in [0.717, 1.165) is 73.9 Å². The topological polar surface area (TPSA) is 89.4 Å². The molecule has 0 bridgehead atoms. The third-order valence-corrected chi connectivity index (χ3v) is 6.18. The van der Waals surface area contributed by atoms with Crippen LogP contribution in [-0.2, 0) is 9.59 Å². The fraction of sp³-hybridized carbons (Fsp3) is 0.467. The molecule has 8 heteroatoms. The maximum absolute atomic E-state index is 11.9. The zero-order valence-electron chi connectivity index (χ0n) is 23.4. The third kappa shape index (κ3) is 13.0. The minimum Gasteiger partial charge on any atom is -0.378 e. The lowest BCUT2D eigenvalue weighted by Crippen LogP contribution is -2.17. The second-order valence-corrected chi connectivity index (χ2v) is 9.89. The van der Waals surface area contributed by atoms with E-state index in [1.54, 1.807) is 12.4 Å². The van der Waals surface area contributed by atoms with Crippen molar-refractivity contribution in [3.05, 3.63) is 59.7 Å². The molecule has 0 radical (unpaired) electrons. The number of hydrogen-bond acceptors (Lipinski definition) is 6. The predicted octanol–water partition coefficient (Wildman–Crippen LogP) is 5.32. The lowest BCUT2D eigenvalue weighted by molar-refractivity contribution is -0.122. The molecule has 0 heterocycles. The summed E-state index contributed by atoms with van der Waals surface area (Å²) in [6.45, 7) is 0. The summed E-state index contributed by atoms with van der Waals surface area (Å²) in [4.78, 5) is 27.9. The van der Waals surface area contributed by atoms with Gasteiger partial charge in [0.1, 0.15) is 0 Å². The number of benzene rings is 2. The fourth-order valence-electron chi connectivity index (χ4n) is 3.82. The van der Waals surface area contributed by atoms with Crippen molar-refractivity contribution in [3.8, 4) is 0 Å². The second-order valence-electron chi connectivity index (χ2n) is 9.89. The van der Waals surface area contributed by atoms with E-state index < -0.39 is 0 Å². The van der Waals surface area contributed by atoms with Gasteiger partial charge in [-0.15, -0.1) is 0 Å². The standard InChI is InChI=1S/C30H44N6O2/c1-35(2)27-19-15-25(16-20-27)23-31-33-29(37)13-11-9-7-5-6-8-10-12-14-30(38)34-32-24-26-17-21-28(22-18-26)36(3)4/h15-24H,5-14H2,1-4H3,(H,33,37)(H,34,38)/b31-23-,32-24-. The number of rotatable bonds is 17. The fourth-order valence-corrected chi connectivity index (χ4v) is 3.82. The number of unbranched alkanes of at least 4 members (excludes halogenated alkanes) is 7. The molecule has 2 aromatic carbocycles. The van der Waals surface area contributed by atoms with Gasteiger partial charge in [-0.3, -0.25) is 9.59 Å². The highest BCUT2D eigenvalue weighted by atomic mass is 16.2. The van der Waals surface area contributed by atoms with Crippen LogP contribution in [0.1, 0.15) is 75.3 Å². The quantitative estimate of drug-likeness (QED) is 0.168. The number of carbonyl (C=O) groups excluding carboxylic acids is 2. The SMILES string of the molecule is CN(C)c1ccc(/C=N\NC(=O)CCCCCCCCCCC(=O)N/N=C\c2ccc(N(C)C)cc2)cc1. The van der Waals surface area contributed by atoms with Crippen LogP contribution in [0.5, 0.6) is 0 Å². The highest BCUT2D eigenvalue weighted by Crippen LogP contribution is 2.13. The van der Waals surface area contributed by atoms with Crippen molar-refractivity contribution >= 4 is 35.6 Å². The van der Waals surface area contributed by atoms with Gasteiger partial charge in [-0.1, -0.05) is 62.8 Å². The van der Waals surface area contributed by atoms with Crippen LogP contribution in [0.4, 0.5) is 11.4 Å². The van der Waals surface area contributed by atoms with E-state index in [9.17, 15) is 9.59 Å². The summed E-state index contributed by atoms with van der Waals surface area (Å²) in [5.74, 6) is -0.0907. The van der Waals surface area contributed by atoms with Crippen molar-refractivity contribution in [3.63, 3.8) is 0 Å². The lowest BCUT2D eigenvalue weighted by atomic mass is 10.1. The molecule has 38 heavy (non-hydrogen) atoms. The van der Waals surface area contributed by atoms with Gasteiger partial charge < -0.3 is 9.80 Å². The van der Waals surface area contributed by atoms with Crippen LogP contribution in [0.15, 0.2) is 58.7 Å². The van der Waals surface area contributed by atoms with Crippen LogP contribution in [-0.4, -0.2) is 52.4 Å². The Balaban J connectivity index is 1.42. The molecule has 8 nitrogen and oxygen atoms in total. The lowest BCUT2D eigenvalue weighted by Gasteiger charge is -2.11. The molecule has 2 rings (SSSR count). The maximum Gasteiger partial charge on any atom is 0.240 e. The molecule has 0 aliphatic rings. The van der Waals surface area contributed by atoms with Gasteiger partial charge in [0.05, 0.1) is 12.4 Å². The summed E-state index contributed by atoms with van der Waals surface area (Å²) in [6.07, 6.45) is 12.7. The average molecular weight is 521 g/mol. The summed E-state index contributed by atoms with van der Waals surface area (Å²) in [7, 11) is 7.99. The van der Waals surface area contributed by atoms with Crippen LogP contribution in [0, 0.1) is 0 Å². The number of hydrazone groups is 2. The van der Waals surface area contributed by atoms with Gasteiger partial charge >= 0.3 is 0 Å². The Labute approximate surface area is 228 Å². The van der Waals surface area contributed by atoms with Gasteiger partial charge in [0, 0.05) is 52.4 Å². The van der Waals surface area contributed by atoms with Crippen molar-refractivity contribution in [2.45, 2.75) is 64.2 Å². The van der Waals surface area contributed by atoms with Crippen LogP contribution < -0.4 is 20.7 Å². The molecule has 0 fully saturated rings. The van der Waals surface area contributed by atoms with Crippen LogP contribution in [0.2, 0.25) is 0 Å². The van der Waals surface area contributed by atoms with Crippen molar-refractivity contribution in [1.29, 1.82) is 0 Å². The Kier molecular flexibility index (Phi) is 14.2. The van der Waals surface area contributed by atoms with Crippen molar-refractivity contribution < 1.29 is 9.59 Å². The van der Waals surface area contributed by atoms with E-state index in [-0.39, 0.29) is 11.8 Å². The first-order chi connectivity index (χ1) is 18.3. The first-order valence-electron chi connectivity index (χ1n) is 13.5. The number of nitrogens with one attached hydrogen (secondary N) is 2. The molecule has 0 spiro atoms. The van der Waals surface area contributed by atoms with E-state index in [4.69, 9.17) is 0 Å². The van der Waals surface area contributed by atoms with Crippen molar-refractivity contribution in [2.24, 2.45) is 10.2 Å². The summed E-state index contributed by atoms with van der Waals surface area (Å²) < 4.78 is 0. The number of carbonyl (C=O) groups is 2. The normalized spacial score (nSPS) is 11.2. The molecule has 0 unspecified atom stereocenters. The molecule has 0 saturated carbocycles. The Morgan fingerprint density at radius 3 is 1.21 bits per heavy atom. The zero-order chi connectivity index (χ0) is 27.6. The molecule has 0 atom stereocenters. The van der Waals surface area contributed by atoms with E-state index >= 15 is 0 Å². The number of hydrogen-bond donors (Lipinski definition) is 2. The predicted molar refractivity (Wildman–Crippen MR) is 159 cm³/mol. The average Bonchev–Trinajstić information content (AvgIpc) is 2.90. The molecule has 2 amide bonds. The first kappa shape index (κ1) is 30.5. The summed E-state index contributed by atoms with van der Waals surface area (Å²) >= 11 is 0. The molecule has 0 aromatic heterocycles. The van der Waals surface area contributed by atoms with Gasteiger partial charge in [-0.2, -0.15) is 10.2 Å². The Bertz CT molecular complexity index is 931. The summed E-state index contributed by atoms with van der Waals surface area (Å²) in [5, 5.41) is 8.10. The molecule has 0 aliphatic carbocycles. The van der Waals surface area contributed by atoms with Gasteiger partial charge in [-0.05, 0) is 48.2 Å². The summed E-state index contributed by atoms with van der Waals surface area (Å²) in [6, 6.07) is 16.0. The van der Waals surface area contributed by atoms with Crippen LogP contribution >= 0.6 is 0 Å². The molecular formula is C30H44N6O2. The number of nitrogens with zero attached hydrogens (tertiary/aromatic N) is 4. The molecular weight excluding hydrogens is 476 g/mol. The highest BCUT2D eigenvalue weighted by molar-refractivity contribution is 5.83. The van der Waals surface area contributed by atoms with E-state index in [1.165, 1.54) is 0 Å². The van der Waals surface area contributed by atoms with Gasteiger partial charge in [0.2, 0.25) is 11.8 Å². The highest BCUT2D eigenvalue weighted by Gasteiger charge is 2.02. The van der Waals surface area contributed by atoms with Crippen LogP contribution in [0.3, 0.4) is 0 Å². The first-order valence-corrected chi connectivity index (χ1v) is 13.5. The second kappa shape index (κ2) is 17.7. The minimum absolute atomic E-state index is 0.0454. The zero-order valence-corrected chi connectivity index (χ0v) is 23.4. The molecule has 0 aliphatic heterocycles. The number of amides is 2. The largest absolute Gasteiger partial charge is 0.378 e. The van der Waals surface area contributed by atoms with Crippen molar-refractivity contribution in [1.82, 2.24) is 10.9 Å². The Hall–Kier alpha value is -3.68. The van der Waals surface area contributed by atoms with Crippen LogP contribution in [0.25, 0.3) is 0 Å². The number of anilines is 2. The van der Waals surface area contributed by atoms with E-state index in [1.807, 2.05) is 86.5 Å². The molecule has 2 N–H and O–H groups in total. The van der Waals surface area contributed by atoms with Gasteiger partial charge in [0.25, 0.3) is 0 Å². The summed E-state index contributed by atoms with van der Waals surface area (Å²) in [5.41, 5.74) is 9.36. The maximum atomic E-state index is 11.9. The molecule has 0 saturated heterocycles. The smallest absolute Gasteiger partial charge is 0.240 e. The molecule has 206 valence electrons. The van der Waals surface area contributed by atoms with Crippen molar-refractivity contribution in [2.75, 3.05) is 38.0 Å². The van der Waals surface area contributed by atoms with Gasteiger partial charge in [-0.25, -0.2) is 10.9 Å². The van der Waals surface area contributed by atoms with Gasteiger partial charge in [0.15, 0.2) is 0 Å². The van der Waals surface area contributed by atoms with E-state index in [2.05, 4.69) is 21.1 Å². The Morgan fingerprint density at radius 2 is 0.895 bits per heavy atom.